The lowest BCUT2D eigenvalue weighted by Gasteiger charge is -2.19. The molecule has 0 aliphatic rings. The Morgan fingerprint density at radius 1 is 1.10 bits per heavy atom. The summed E-state index contributed by atoms with van der Waals surface area (Å²) in [5, 5.41) is 0.498. The Bertz CT molecular complexity index is 760. The zero-order valence-electron chi connectivity index (χ0n) is 11.7. The van der Waals surface area contributed by atoms with E-state index in [0.717, 1.165) is 11.1 Å². The predicted octanol–water partition coefficient (Wildman–Crippen LogP) is 4.12. The van der Waals surface area contributed by atoms with E-state index in [0.29, 0.717) is 5.02 Å². The molecule has 2 aromatic rings. The maximum atomic E-state index is 12.6. The van der Waals surface area contributed by atoms with Crippen molar-refractivity contribution in [2.75, 3.05) is 7.05 Å². The molecule has 0 spiro atoms. The third-order valence-electron chi connectivity index (χ3n) is 3.24. The maximum Gasteiger partial charge on any atom is 0.244 e. The van der Waals surface area contributed by atoms with E-state index < -0.39 is 10.0 Å². The first-order valence-electron chi connectivity index (χ1n) is 6.28. The van der Waals surface area contributed by atoms with Gasteiger partial charge in [-0.15, -0.1) is 0 Å². The van der Waals surface area contributed by atoms with E-state index in [1.165, 1.54) is 23.5 Å². The number of sulfonamides is 1. The molecular formula is C15H15Cl2NO2S. The lowest BCUT2D eigenvalue weighted by atomic mass is 10.1. The van der Waals surface area contributed by atoms with Crippen LogP contribution in [0, 0.1) is 6.92 Å². The van der Waals surface area contributed by atoms with Crippen LogP contribution in [0.4, 0.5) is 0 Å². The fraction of sp³-hybridized carbons (Fsp3) is 0.200. The number of benzene rings is 2. The average molecular weight is 344 g/mol. The van der Waals surface area contributed by atoms with Gasteiger partial charge in [-0.1, -0.05) is 47.5 Å². The van der Waals surface area contributed by atoms with Crippen LogP contribution in [-0.4, -0.2) is 19.8 Å². The molecule has 0 atom stereocenters. The molecule has 0 amide bonds. The zero-order valence-corrected chi connectivity index (χ0v) is 14.0. The van der Waals surface area contributed by atoms with Crippen molar-refractivity contribution in [3.8, 4) is 0 Å². The molecule has 2 rings (SSSR count). The molecule has 0 aliphatic heterocycles. The maximum absolute atomic E-state index is 12.6. The molecule has 0 radical (unpaired) electrons. The van der Waals surface area contributed by atoms with Crippen molar-refractivity contribution >= 4 is 33.2 Å². The molecule has 0 heterocycles. The smallest absolute Gasteiger partial charge is 0.207 e. The normalized spacial score (nSPS) is 11.9. The first-order valence-corrected chi connectivity index (χ1v) is 8.48. The van der Waals surface area contributed by atoms with Gasteiger partial charge < -0.3 is 0 Å². The molecule has 0 aliphatic carbocycles. The Labute approximate surface area is 135 Å². The van der Waals surface area contributed by atoms with E-state index >= 15 is 0 Å². The summed E-state index contributed by atoms with van der Waals surface area (Å²) in [6.45, 7) is 2.22. The Morgan fingerprint density at radius 3 is 2.43 bits per heavy atom. The van der Waals surface area contributed by atoms with Crippen LogP contribution >= 0.6 is 23.2 Å². The van der Waals surface area contributed by atoms with Crippen molar-refractivity contribution in [2.24, 2.45) is 0 Å². The van der Waals surface area contributed by atoms with Crippen molar-refractivity contribution < 1.29 is 8.42 Å². The first-order chi connectivity index (χ1) is 9.82. The lowest BCUT2D eigenvalue weighted by molar-refractivity contribution is 0.466. The quantitative estimate of drug-likeness (QED) is 0.837. The third-order valence-corrected chi connectivity index (χ3v) is 5.76. The highest BCUT2D eigenvalue weighted by atomic mass is 35.5. The minimum atomic E-state index is -3.69. The van der Waals surface area contributed by atoms with Gasteiger partial charge in [-0.3, -0.25) is 0 Å². The van der Waals surface area contributed by atoms with E-state index in [4.69, 9.17) is 23.2 Å². The van der Waals surface area contributed by atoms with Crippen LogP contribution in [0.25, 0.3) is 0 Å². The molecule has 21 heavy (non-hydrogen) atoms. The molecule has 0 aromatic heterocycles. The van der Waals surface area contributed by atoms with Crippen molar-refractivity contribution in [3.63, 3.8) is 0 Å². The molecule has 0 saturated heterocycles. The minimum absolute atomic E-state index is 0.0211. The van der Waals surface area contributed by atoms with Crippen LogP contribution in [0.1, 0.15) is 11.1 Å². The summed E-state index contributed by atoms with van der Waals surface area (Å²) in [7, 11) is -2.16. The molecule has 0 saturated carbocycles. The molecule has 112 valence electrons. The average Bonchev–Trinajstić information content (AvgIpc) is 2.43. The predicted molar refractivity (Wildman–Crippen MR) is 86.3 cm³/mol. The molecular weight excluding hydrogens is 329 g/mol. The van der Waals surface area contributed by atoms with Gasteiger partial charge in [-0.2, -0.15) is 4.31 Å². The van der Waals surface area contributed by atoms with Crippen molar-refractivity contribution in [3.05, 3.63) is 63.6 Å². The van der Waals surface area contributed by atoms with Gasteiger partial charge in [0, 0.05) is 18.6 Å². The monoisotopic (exact) mass is 343 g/mol. The Balaban J connectivity index is 2.35. The molecule has 3 nitrogen and oxygen atoms in total. The summed E-state index contributed by atoms with van der Waals surface area (Å²) >= 11 is 11.9. The second-order valence-corrected chi connectivity index (χ2v) is 7.62. The van der Waals surface area contributed by atoms with Crippen molar-refractivity contribution in [1.29, 1.82) is 0 Å². The largest absolute Gasteiger partial charge is 0.244 e. The van der Waals surface area contributed by atoms with E-state index in [-0.39, 0.29) is 16.5 Å². The molecule has 2 aromatic carbocycles. The van der Waals surface area contributed by atoms with Gasteiger partial charge in [0.15, 0.2) is 0 Å². The summed E-state index contributed by atoms with van der Waals surface area (Å²) in [4.78, 5) is 0.0211. The van der Waals surface area contributed by atoms with Crippen molar-refractivity contribution in [1.82, 2.24) is 4.31 Å². The molecule has 0 bridgehead atoms. The Hall–Kier alpha value is -1.07. The summed E-state index contributed by atoms with van der Waals surface area (Å²) in [6.07, 6.45) is 0. The Morgan fingerprint density at radius 2 is 1.76 bits per heavy atom. The van der Waals surface area contributed by atoms with Crippen molar-refractivity contribution in [2.45, 2.75) is 18.4 Å². The summed E-state index contributed by atoms with van der Waals surface area (Å²) < 4.78 is 26.5. The van der Waals surface area contributed by atoms with Crippen LogP contribution in [0.5, 0.6) is 0 Å². The third kappa shape index (κ3) is 3.58. The van der Waals surface area contributed by atoms with Crippen LogP contribution in [0.3, 0.4) is 0 Å². The lowest BCUT2D eigenvalue weighted by Crippen LogP contribution is -2.27. The van der Waals surface area contributed by atoms with Gasteiger partial charge in [0.05, 0.1) is 5.02 Å². The molecule has 0 N–H and O–H groups in total. The first kappa shape index (κ1) is 16.3. The van der Waals surface area contributed by atoms with Gasteiger partial charge >= 0.3 is 0 Å². The fourth-order valence-corrected chi connectivity index (χ4v) is 3.84. The SMILES string of the molecule is Cc1ccccc1CN(C)S(=O)(=O)c1cc(Cl)ccc1Cl. The summed E-state index contributed by atoms with van der Waals surface area (Å²) in [6, 6.07) is 12.1. The highest BCUT2D eigenvalue weighted by Gasteiger charge is 2.24. The number of rotatable bonds is 4. The Kier molecular flexibility index (Phi) is 4.94. The van der Waals surface area contributed by atoms with E-state index in [1.54, 1.807) is 6.07 Å². The molecule has 6 heteroatoms. The van der Waals surface area contributed by atoms with Gasteiger partial charge in [0.25, 0.3) is 0 Å². The standard InChI is InChI=1S/C15H15Cl2NO2S/c1-11-5-3-4-6-12(11)10-18(2)21(19,20)15-9-13(16)7-8-14(15)17/h3-9H,10H2,1-2H3. The zero-order chi connectivity index (χ0) is 15.6. The number of aryl methyl sites for hydroxylation is 1. The molecule has 0 fully saturated rings. The fourth-order valence-electron chi connectivity index (χ4n) is 1.96. The highest BCUT2D eigenvalue weighted by Crippen LogP contribution is 2.28. The number of hydrogen-bond acceptors (Lipinski definition) is 2. The summed E-state index contributed by atoms with van der Waals surface area (Å²) in [5.74, 6) is 0. The van der Waals surface area contributed by atoms with E-state index in [1.807, 2.05) is 31.2 Å². The summed E-state index contributed by atoms with van der Waals surface area (Å²) in [5.41, 5.74) is 1.98. The number of halogens is 2. The second kappa shape index (κ2) is 6.36. The van der Waals surface area contributed by atoms with Gasteiger partial charge in [-0.25, -0.2) is 8.42 Å². The van der Waals surface area contributed by atoms with Gasteiger partial charge in [0.1, 0.15) is 4.90 Å². The number of hydrogen-bond donors (Lipinski definition) is 0. The van der Waals surface area contributed by atoms with Gasteiger partial charge in [-0.05, 0) is 36.2 Å². The van der Waals surface area contributed by atoms with Crippen LogP contribution in [0.15, 0.2) is 47.4 Å². The topological polar surface area (TPSA) is 37.4 Å². The second-order valence-electron chi connectivity index (χ2n) is 4.76. The van der Waals surface area contributed by atoms with E-state index in [2.05, 4.69) is 0 Å². The highest BCUT2D eigenvalue weighted by molar-refractivity contribution is 7.89. The van der Waals surface area contributed by atoms with E-state index in [9.17, 15) is 8.42 Å². The number of nitrogens with zero attached hydrogens (tertiary/aromatic N) is 1. The van der Waals surface area contributed by atoms with Crippen LogP contribution in [-0.2, 0) is 16.6 Å². The van der Waals surface area contributed by atoms with Crippen LogP contribution in [0.2, 0.25) is 10.0 Å². The molecule has 0 unspecified atom stereocenters. The van der Waals surface area contributed by atoms with Crippen LogP contribution < -0.4 is 0 Å². The minimum Gasteiger partial charge on any atom is -0.207 e. The van der Waals surface area contributed by atoms with Gasteiger partial charge in [0.2, 0.25) is 10.0 Å².